The number of ether oxygens (including phenoxy) is 2. The molecule has 2 heterocycles. The molecule has 0 fully saturated rings. The molecule has 183 valence electrons. The summed E-state index contributed by atoms with van der Waals surface area (Å²) in [5.41, 5.74) is 5.15. The number of aromatic amines is 1. The van der Waals surface area contributed by atoms with Gasteiger partial charge in [-0.25, -0.2) is 0 Å². The van der Waals surface area contributed by atoms with Crippen molar-refractivity contribution < 1.29 is 29.9 Å². The fourth-order valence-electron chi connectivity index (χ4n) is 4.82. The normalized spacial score (nSPS) is 13.7. The number of benzene rings is 4. The van der Waals surface area contributed by atoms with Gasteiger partial charge in [-0.3, -0.25) is 0 Å². The van der Waals surface area contributed by atoms with Crippen LogP contribution in [-0.4, -0.2) is 40.5 Å². The summed E-state index contributed by atoms with van der Waals surface area (Å²) in [6.45, 7) is 0.947. The van der Waals surface area contributed by atoms with Crippen molar-refractivity contribution >= 4 is 26.3 Å². The Hall–Kier alpha value is -3.42. The first kappa shape index (κ1) is 23.0. The van der Waals surface area contributed by atoms with Crippen molar-refractivity contribution in [2.45, 2.75) is 12.5 Å². The zero-order valence-corrected chi connectivity index (χ0v) is 20.6. The molecule has 0 aliphatic carbocycles. The van der Waals surface area contributed by atoms with Gasteiger partial charge in [0.1, 0.15) is 0 Å². The van der Waals surface area contributed by atoms with E-state index in [1.54, 1.807) is 0 Å². The Morgan fingerprint density at radius 3 is 2.61 bits per heavy atom. The molecule has 5 aromatic rings. The summed E-state index contributed by atoms with van der Waals surface area (Å²) >= 11 is 4.91. The van der Waals surface area contributed by atoms with Crippen LogP contribution in [0.25, 0.3) is 32.8 Å². The molecule has 1 aromatic heterocycles. The molecule has 0 saturated carbocycles. The van der Waals surface area contributed by atoms with Crippen LogP contribution in [0.2, 0.25) is 0 Å². The van der Waals surface area contributed by atoms with E-state index in [9.17, 15) is 5.11 Å². The Morgan fingerprint density at radius 2 is 1.72 bits per heavy atom. The van der Waals surface area contributed by atoms with Crippen molar-refractivity contribution in [3.05, 3.63) is 96.2 Å². The van der Waals surface area contributed by atoms with E-state index in [0.29, 0.717) is 35.7 Å². The van der Waals surface area contributed by atoms with Gasteiger partial charge in [0.15, 0.2) is 0 Å². The summed E-state index contributed by atoms with van der Waals surface area (Å²) in [5.74, 6) is 1.37. The first-order valence-corrected chi connectivity index (χ1v) is 12.6. The number of aliphatic hydroxyl groups excluding tert-OH is 1. The summed E-state index contributed by atoms with van der Waals surface area (Å²) < 4.78 is 12.6. The Morgan fingerprint density at radius 1 is 0.917 bits per heavy atom. The van der Waals surface area contributed by atoms with Gasteiger partial charge in [-0.05, 0) is 0 Å². The van der Waals surface area contributed by atoms with Gasteiger partial charge in [0.05, 0.1) is 0 Å². The van der Waals surface area contributed by atoms with Gasteiger partial charge in [0, 0.05) is 0 Å². The molecule has 1 aliphatic rings. The Balaban J connectivity index is 1.32. The van der Waals surface area contributed by atoms with Crippen molar-refractivity contribution in [3.8, 4) is 22.6 Å². The molecule has 0 unspecified atom stereocenters. The second-order valence-corrected chi connectivity index (χ2v) is 9.51. The zero-order chi connectivity index (χ0) is 24.5. The van der Waals surface area contributed by atoms with Crippen LogP contribution in [0.5, 0.6) is 11.5 Å². The SMILES string of the molecule is OC[C@@H](Cc1c[nH]c2ccccc12)N[C](=[Co])c1cc(-c2ccc3ccccc3c2)cc2c1OCCO2. The molecule has 0 saturated heterocycles. The monoisotopic (exact) mass is 521 g/mol. The molecular formula is C30H26CoN2O3. The number of rotatable bonds is 7. The minimum absolute atomic E-state index is 0.0354. The predicted molar refractivity (Wildman–Crippen MR) is 140 cm³/mol. The van der Waals surface area contributed by atoms with Gasteiger partial charge in [-0.2, -0.15) is 0 Å². The maximum atomic E-state index is 10.2. The molecule has 36 heavy (non-hydrogen) atoms. The van der Waals surface area contributed by atoms with Crippen molar-refractivity contribution in [3.63, 3.8) is 0 Å². The van der Waals surface area contributed by atoms with Gasteiger partial charge in [-0.1, -0.05) is 0 Å². The average Bonchev–Trinajstić information content (AvgIpc) is 3.34. The molecule has 4 aromatic carbocycles. The number of hydrogen-bond donors (Lipinski definition) is 3. The van der Waals surface area contributed by atoms with Gasteiger partial charge < -0.3 is 0 Å². The van der Waals surface area contributed by atoms with Crippen molar-refractivity contribution in [1.82, 2.24) is 10.3 Å². The summed E-state index contributed by atoms with van der Waals surface area (Å²) in [7, 11) is 0. The summed E-state index contributed by atoms with van der Waals surface area (Å²) in [6.07, 6.45) is 2.65. The number of para-hydroxylation sites is 1. The molecule has 3 N–H and O–H groups in total. The third kappa shape index (κ3) is 4.44. The van der Waals surface area contributed by atoms with E-state index in [1.165, 1.54) is 10.8 Å². The van der Waals surface area contributed by atoms with Crippen molar-refractivity contribution in [1.29, 1.82) is 0 Å². The number of hydrogen-bond acceptors (Lipinski definition) is 4. The van der Waals surface area contributed by atoms with Gasteiger partial charge in [0.2, 0.25) is 0 Å². The van der Waals surface area contributed by atoms with E-state index < -0.39 is 0 Å². The van der Waals surface area contributed by atoms with Crippen LogP contribution in [0.15, 0.2) is 85.1 Å². The Labute approximate surface area is 217 Å². The quantitative estimate of drug-likeness (QED) is 0.283. The van der Waals surface area contributed by atoms with Crippen LogP contribution in [0, 0.1) is 0 Å². The third-order valence-electron chi connectivity index (χ3n) is 6.64. The molecular weight excluding hydrogens is 495 g/mol. The first-order valence-electron chi connectivity index (χ1n) is 12.1. The number of nitrogens with one attached hydrogen (secondary N) is 2. The second-order valence-electron chi connectivity index (χ2n) is 8.99. The van der Waals surface area contributed by atoms with Crippen LogP contribution < -0.4 is 14.8 Å². The number of aromatic nitrogens is 1. The molecule has 5 nitrogen and oxygen atoms in total. The molecule has 0 amide bonds. The Kier molecular flexibility index (Phi) is 6.33. The number of H-pyrrole nitrogens is 1. The van der Waals surface area contributed by atoms with Crippen LogP contribution in [0.4, 0.5) is 0 Å². The van der Waals surface area contributed by atoms with Gasteiger partial charge >= 0.3 is 218 Å². The summed E-state index contributed by atoms with van der Waals surface area (Å²) in [5, 5.41) is 17.1. The second kappa shape index (κ2) is 9.91. The van der Waals surface area contributed by atoms with Crippen LogP contribution in [0.1, 0.15) is 11.1 Å². The third-order valence-corrected chi connectivity index (χ3v) is 7.07. The first-order chi connectivity index (χ1) is 17.7. The zero-order valence-electron chi connectivity index (χ0n) is 19.6. The van der Waals surface area contributed by atoms with Crippen LogP contribution in [0.3, 0.4) is 0 Å². The van der Waals surface area contributed by atoms with E-state index in [0.717, 1.165) is 33.2 Å². The standard InChI is InChI=1S/C30H26N2O3.Co/c33-19-26(15-24-17-32-28-8-4-3-7-27(24)28)31-18-25-14-23(16-29-30(25)35-12-11-34-29)22-10-9-20-5-1-2-6-21(20)13-22;/h1-10,13-14,16-17,26,31-33H,11-12,15,19H2;/t26-;/m1./s1. The minimum atomic E-state index is -0.223. The van der Waals surface area contributed by atoms with E-state index in [1.807, 2.05) is 36.5 Å². The number of fused-ring (bicyclic) bond motifs is 3. The van der Waals surface area contributed by atoms with Crippen molar-refractivity contribution in [2.75, 3.05) is 19.8 Å². The topological polar surface area (TPSA) is 66.5 Å². The van der Waals surface area contributed by atoms with Gasteiger partial charge in [-0.15, -0.1) is 0 Å². The molecule has 6 heteroatoms. The summed E-state index contributed by atoms with van der Waals surface area (Å²) in [4.78, 5) is 3.31. The maximum absolute atomic E-state index is 10.2. The molecule has 0 radical (unpaired) electrons. The molecule has 6 rings (SSSR count). The Bertz CT molecular complexity index is 1580. The fourth-order valence-corrected chi connectivity index (χ4v) is 5.22. The molecule has 0 bridgehead atoms. The average molecular weight is 521 g/mol. The molecule has 0 spiro atoms. The molecule has 1 atom stereocenters. The summed E-state index contributed by atoms with van der Waals surface area (Å²) in [6, 6.07) is 26.8. The number of aliphatic hydroxyl groups is 1. The molecule has 1 aliphatic heterocycles. The van der Waals surface area contributed by atoms with Crippen LogP contribution >= 0.6 is 0 Å². The van der Waals surface area contributed by atoms with E-state index in [-0.39, 0.29) is 12.6 Å². The predicted octanol–water partition coefficient (Wildman–Crippen LogP) is 4.98. The van der Waals surface area contributed by atoms with E-state index >= 15 is 0 Å². The van der Waals surface area contributed by atoms with Crippen LogP contribution in [-0.2, 0) is 21.7 Å². The van der Waals surface area contributed by atoms with Crippen molar-refractivity contribution in [2.24, 2.45) is 0 Å². The van der Waals surface area contributed by atoms with E-state index in [4.69, 9.17) is 24.8 Å². The van der Waals surface area contributed by atoms with Gasteiger partial charge in [0.25, 0.3) is 0 Å². The fraction of sp³-hybridized carbons (Fsp3) is 0.167. The van der Waals surface area contributed by atoms with E-state index in [2.05, 4.69) is 58.8 Å².